The van der Waals surface area contributed by atoms with E-state index in [1.54, 1.807) is 11.3 Å². The van der Waals surface area contributed by atoms with E-state index < -0.39 is 6.10 Å². The quantitative estimate of drug-likeness (QED) is 0.708. The van der Waals surface area contributed by atoms with Crippen molar-refractivity contribution in [1.29, 1.82) is 0 Å². The number of hydrogen-bond acceptors (Lipinski definition) is 3. The van der Waals surface area contributed by atoms with E-state index in [2.05, 4.69) is 41.9 Å². The highest BCUT2D eigenvalue weighted by atomic mass is 32.1. The van der Waals surface area contributed by atoms with Gasteiger partial charge in [-0.15, -0.1) is 11.3 Å². The van der Waals surface area contributed by atoms with Crippen molar-refractivity contribution in [2.75, 3.05) is 6.54 Å². The minimum absolute atomic E-state index is 0.0609. The van der Waals surface area contributed by atoms with Crippen molar-refractivity contribution >= 4 is 27.3 Å². The molecule has 1 unspecified atom stereocenters. The van der Waals surface area contributed by atoms with E-state index in [9.17, 15) is 9.90 Å². The van der Waals surface area contributed by atoms with Crippen molar-refractivity contribution in [3.8, 4) is 0 Å². The van der Waals surface area contributed by atoms with Crippen LogP contribution in [0.2, 0.25) is 0 Å². The largest absolute Gasteiger partial charge is 0.391 e. The molecular weight excluding hydrogens is 330 g/mol. The van der Waals surface area contributed by atoms with Crippen LogP contribution in [0.3, 0.4) is 0 Å². The molecule has 0 saturated heterocycles. The molecular formula is C21H23NO2S. The summed E-state index contributed by atoms with van der Waals surface area (Å²) in [4.78, 5) is 12.1. The molecule has 2 aromatic carbocycles. The standard InChI is InChI=1S/C21H23NO2S/c1-14-3-5-17(15(2)9-14)12-19(23)13-22-21(24)11-16-4-6-20-18(10-16)7-8-25-20/h3-10,19,23H,11-13H2,1-2H3,(H,22,24). The summed E-state index contributed by atoms with van der Waals surface area (Å²) in [6.07, 6.45) is 0.305. The number of carbonyl (C=O) groups excluding carboxylic acids is 1. The number of aliphatic hydroxyl groups is 1. The van der Waals surface area contributed by atoms with Gasteiger partial charge in [-0.25, -0.2) is 0 Å². The second-order valence-electron chi connectivity index (χ2n) is 6.56. The molecule has 0 spiro atoms. The lowest BCUT2D eigenvalue weighted by Gasteiger charge is -2.14. The molecule has 3 rings (SSSR count). The smallest absolute Gasteiger partial charge is 0.224 e. The molecule has 1 aromatic heterocycles. The molecule has 0 fully saturated rings. The Morgan fingerprint density at radius 1 is 1.16 bits per heavy atom. The van der Waals surface area contributed by atoms with Crippen LogP contribution in [0.4, 0.5) is 0 Å². The lowest BCUT2D eigenvalue weighted by Crippen LogP contribution is -2.34. The third kappa shape index (κ3) is 4.68. The zero-order chi connectivity index (χ0) is 17.8. The maximum absolute atomic E-state index is 12.1. The topological polar surface area (TPSA) is 49.3 Å². The fourth-order valence-corrected chi connectivity index (χ4v) is 3.78. The van der Waals surface area contributed by atoms with E-state index in [1.807, 2.05) is 25.1 Å². The summed E-state index contributed by atoms with van der Waals surface area (Å²) in [5.41, 5.74) is 4.50. The van der Waals surface area contributed by atoms with Crippen LogP contribution in [0.15, 0.2) is 47.8 Å². The Bertz CT molecular complexity index is 884. The Morgan fingerprint density at radius 3 is 2.80 bits per heavy atom. The van der Waals surface area contributed by atoms with Crippen LogP contribution < -0.4 is 5.32 Å². The SMILES string of the molecule is Cc1ccc(CC(O)CNC(=O)Cc2ccc3sccc3c2)c(C)c1. The molecule has 25 heavy (non-hydrogen) atoms. The van der Waals surface area contributed by atoms with Gasteiger partial charge in [0.25, 0.3) is 0 Å². The Balaban J connectivity index is 1.51. The van der Waals surface area contributed by atoms with Gasteiger partial charge in [-0.05, 0) is 59.5 Å². The van der Waals surface area contributed by atoms with Crippen LogP contribution in [0.1, 0.15) is 22.3 Å². The van der Waals surface area contributed by atoms with Crippen LogP contribution in [0, 0.1) is 13.8 Å². The minimum atomic E-state index is -0.579. The predicted octanol–water partition coefficient (Wildman–Crippen LogP) is 3.78. The van der Waals surface area contributed by atoms with Crippen molar-refractivity contribution in [3.05, 3.63) is 70.1 Å². The summed E-state index contributed by atoms with van der Waals surface area (Å²) in [7, 11) is 0. The van der Waals surface area contributed by atoms with Crippen LogP contribution in [0.25, 0.3) is 10.1 Å². The first kappa shape index (κ1) is 17.6. The summed E-state index contributed by atoms with van der Waals surface area (Å²) < 4.78 is 1.23. The molecule has 1 heterocycles. The number of aryl methyl sites for hydroxylation is 2. The summed E-state index contributed by atoms with van der Waals surface area (Å²) in [5.74, 6) is -0.0609. The van der Waals surface area contributed by atoms with E-state index in [4.69, 9.17) is 0 Å². The van der Waals surface area contributed by atoms with Gasteiger partial charge in [-0.2, -0.15) is 0 Å². The fraction of sp³-hybridized carbons (Fsp3) is 0.286. The number of amides is 1. The highest BCUT2D eigenvalue weighted by Crippen LogP contribution is 2.21. The summed E-state index contributed by atoms with van der Waals surface area (Å²) >= 11 is 1.70. The van der Waals surface area contributed by atoms with Gasteiger partial charge >= 0.3 is 0 Å². The van der Waals surface area contributed by atoms with Crippen LogP contribution in [-0.2, 0) is 17.6 Å². The molecule has 130 valence electrons. The van der Waals surface area contributed by atoms with Gasteiger partial charge in [-0.3, -0.25) is 4.79 Å². The number of aliphatic hydroxyl groups excluding tert-OH is 1. The van der Waals surface area contributed by atoms with E-state index in [0.29, 0.717) is 12.8 Å². The van der Waals surface area contributed by atoms with Crippen LogP contribution >= 0.6 is 11.3 Å². The Morgan fingerprint density at radius 2 is 2.00 bits per heavy atom. The van der Waals surface area contributed by atoms with Crippen molar-refractivity contribution in [2.45, 2.75) is 32.8 Å². The maximum Gasteiger partial charge on any atom is 0.224 e. The Kier molecular flexibility index (Phi) is 5.51. The highest BCUT2D eigenvalue weighted by molar-refractivity contribution is 7.17. The van der Waals surface area contributed by atoms with Crippen molar-refractivity contribution in [3.63, 3.8) is 0 Å². The molecule has 0 radical (unpaired) electrons. The molecule has 0 aliphatic rings. The summed E-state index contributed by atoms with van der Waals surface area (Å²) in [5, 5.41) is 16.3. The molecule has 0 saturated carbocycles. The summed E-state index contributed by atoms with van der Waals surface area (Å²) in [6.45, 7) is 4.38. The number of benzene rings is 2. The normalized spacial score (nSPS) is 12.3. The molecule has 3 aromatic rings. The van der Waals surface area contributed by atoms with Gasteiger partial charge in [-0.1, -0.05) is 29.8 Å². The second kappa shape index (κ2) is 7.81. The highest BCUT2D eigenvalue weighted by Gasteiger charge is 2.10. The fourth-order valence-electron chi connectivity index (χ4n) is 3.01. The second-order valence-corrected chi connectivity index (χ2v) is 7.51. The van der Waals surface area contributed by atoms with Crippen LogP contribution in [0.5, 0.6) is 0 Å². The lowest BCUT2D eigenvalue weighted by molar-refractivity contribution is -0.120. The van der Waals surface area contributed by atoms with Gasteiger partial charge in [0.05, 0.1) is 12.5 Å². The van der Waals surface area contributed by atoms with Crippen molar-refractivity contribution in [2.24, 2.45) is 0 Å². The number of hydrogen-bond donors (Lipinski definition) is 2. The number of nitrogens with one attached hydrogen (secondary N) is 1. The van der Waals surface area contributed by atoms with E-state index in [-0.39, 0.29) is 12.5 Å². The number of fused-ring (bicyclic) bond motifs is 1. The molecule has 1 atom stereocenters. The molecule has 0 bridgehead atoms. The van der Waals surface area contributed by atoms with Crippen LogP contribution in [-0.4, -0.2) is 23.7 Å². The molecule has 4 heteroatoms. The van der Waals surface area contributed by atoms with E-state index >= 15 is 0 Å². The molecule has 1 amide bonds. The van der Waals surface area contributed by atoms with Gasteiger partial charge in [0.15, 0.2) is 0 Å². The number of rotatable bonds is 6. The average Bonchev–Trinajstić information content (AvgIpc) is 3.03. The van der Waals surface area contributed by atoms with E-state index in [0.717, 1.165) is 11.1 Å². The van der Waals surface area contributed by atoms with Gasteiger partial charge in [0, 0.05) is 17.7 Å². The average molecular weight is 353 g/mol. The maximum atomic E-state index is 12.1. The molecule has 0 aliphatic heterocycles. The summed E-state index contributed by atoms with van der Waals surface area (Å²) in [6, 6.07) is 14.4. The zero-order valence-corrected chi connectivity index (χ0v) is 15.4. The minimum Gasteiger partial charge on any atom is -0.391 e. The number of carbonyl (C=O) groups is 1. The van der Waals surface area contributed by atoms with Gasteiger partial charge in [0.1, 0.15) is 0 Å². The molecule has 3 nitrogen and oxygen atoms in total. The van der Waals surface area contributed by atoms with E-state index in [1.165, 1.54) is 21.2 Å². The molecule has 0 aliphatic carbocycles. The third-order valence-corrected chi connectivity index (χ3v) is 5.27. The van der Waals surface area contributed by atoms with Gasteiger partial charge < -0.3 is 10.4 Å². The number of thiophene rings is 1. The van der Waals surface area contributed by atoms with Crippen molar-refractivity contribution in [1.82, 2.24) is 5.32 Å². The van der Waals surface area contributed by atoms with Gasteiger partial charge in [0.2, 0.25) is 5.91 Å². The van der Waals surface area contributed by atoms with Crippen molar-refractivity contribution < 1.29 is 9.90 Å². The first-order chi connectivity index (χ1) is 12.0. The Hall–Kier alpha value is -2.17. The zero-order valence-electron chi connectivity index (χ0n) is 14.6. The first-order valence-electron chi connectivity index (χ1n) is 8.48. The molecule has 2 N–H and O–H groups in total. The lowest BCUT2D eigenvalue weighted by atomic mass is 10.0. The predicted molar refractivity (Wildman–Crippen MR) is 104 cm³/mol. The third-order valence-electron chi connectivity index (χ3n) is 4.37. The monoisotopic (exact) mass is 353 g/mol. The Labute approximate surface area is 152 Å². The first-order valence-corrected chi connectivity index (χ1v) is 9.36.